The Hall–Kier alpha value is -1.16. The monoisotopic (exact) mass is 253 g/mol. The molecule has 1 heterocycles. The Morgan fingerprint density at radius 2 is 2.22 bits per heavy atom. The van der Waals surface area contributed by atoms with Crippen LogP contribution in [0.15, 0.2) is 18.2 Å². The Labute approximate surface area is 105 Å². The van der Waals surface area contributed by atoms with Gasteiger partial charge in [0.1, 0.15) is 5.75 Å². The van der Waals surface area contributed by atoms with E-state index in [0.29, 0.717) is 13.0 Å². The highest BCUT2D eigenvalue weighted by Gasteiger charge is 2.42. The summed E-state index contributed by atoms with van der Waals surface area (Å²) >= 11 is 0. The third-order valence-corrected chi connectivity index (χ3v) is 4.05. The maximum Gasteiger partial charge on any atom is 0.248 e. The molecule has 0 bridgehead atoms. The summed E-state index contributed by atoms with van der Waals surface area (Å²) in [6, 6.07) is 5.52. The molecule has 1 saturated carbocycles. The second-order valence-corrected chi connectivity index (χ2v) is 5.32. The number of nitrogens with two attached hydrogens (primary N) is 1. The van der Waals surface area contributed by atoms with E-state index in [1.54, 1.807) is 0 Å². The van der Waals surface area contributed by atoms with Gasteiger partial charge in [-0.15, -0.1) is 0 Å². The lowest BCUT2D eigenvalue weighted by molar-refractivity contribution is 0.00387. The van der Waals surface area contributed by atoms with E-state index in [2.05, 4.69) is 0 Å². The quantitative estimate of drug-likeness (QED) is 0.879. The van der Waals surface area contributed by atoms with E-state index in [-0.39, 0.29) is 24.8 Å². The molecule has 0 amide bonds. The number of halogens is 2. The van der Waals surface area contributed by atoms with Crippen molar-refractivity contribution in [3.8, 4) is 5.75 Å². The van der Waals surface area contributed by atoms with E-state index < -0.39 is 5.92 Å². The molecule has 4 heteroatoms. The zero-order valence-electron chi connectivity index (χ0n) is 10.2. The molecule has 0 saturated heterocycles. The van der Waals surface area contributed by atoms with Gasteiger partial charge < -0.3 is 10.5 Å². The van der Waals surface area contributed by atoms with E-state index in [9.17, 15) is 8.78 Å². The van der Waals surface area contributed by atoms with Crippen molar-refractivity contribution < 1.29 is 13.5 Å². The van der Waals surface area contributed by atoms with Gasteiger partial charge in [0.2, 0.25) is 5.92 Å². The van der Waals surface area contributed by atoms with Crippen molar-refractivity contribution in [2.75, 3.05) is 6.61 Å². The van der Waals surface area contributed by atoms with E-state index in [0.717, 1.165) is 23.3 Å². The predicted octanol–water partition coefficient (Wildman–Crippen LogP) is 3.06. The number of rotatable bonds is 2. The van der Waals surface area contributed by atoms with Gasteiger partial charge in [-0.3, -0.25) is 0 Å². The summed E-state index contributed by atoms with van der Waals surface area (Å²) in [5.41, 5.74) is 8.22. The van der Waals surface area contributed by atoms with Crippen LogP contribution >= 0.6 is 0 Å². The molecular formula is C14H17F2NO. The van der Waals surface area contributed by atoms with E-state index in [1.807, 2.05) is 18.2 Å². The van der Waals surface area contributed by atoms with E-state index >= 15 is 0 Å². The first kappa shape index (κ1) is 11.9. The zero-order chi connectivity index (χ0) is 12.8. The van der Waals surface area contributed by atoms with Crippen molar-refractivity contribution in [2.45, 2.75) is 37.6 Å². The van der Waals surface area contributed by atoms with Crippen LogP contribution in [-0.4, -0.2) is 12.5 Å². The molecular weight excluding hydrogens is 236 g/mol. The van der Waals surface area contributed by atoms with Gasteiger partial charge in [0, 0.05) is 30.9 Å². The van der Waals surface area contributed by atoms with Crippen LogP contribution in [-0.2, 0) is 6.42 Å². The average Bonchev–Trinajstić information content (AvgIpc) is 2.93. The Bertz CT molecular complexity index is 461. The molecule has 1 aliphatic heterocycles. The topological polar surface area (TPSA) is 35.2 Å². The Morgan fingerprint density at radius 3 is 2.94 bits per heavy atom. The molecule has 2 nitrogen and oxygen atoms in total. The summed E-state index contributed by atoms with van der Waals surface area (Å²) in [5, 5.41) is 0. The molecule has 2 atom stereocenters. The molecule has 1 aromatic carbocycles. The van der Waals surface area contributed by atoms with Crippen molar-refractivity contribution in [1.29, 1.82) is 0 Å². The van der Waals surface area contributed by atoms with Crippen LogP contribution < -0.4 is 10.5 Å². The van der Waals surface area contributed by atoms with Gasteiger partial charge in [-0.25, -0.2) is 8.78 Å². The van der Waals surface area contributed by atoms with Crippen molar-refractivity contribution in [3.05, 3.63) is 29.3 Å². The molecule has 1 aliphatic carbocycles. The second-order valence-electron chi connectivity index (χ2n) is 5.32. The summed E-state index contributed by atoms with van der Waals surface area (Å²) in [7, 11) is 0. The van der Waals surface area contributed by atoms with Crippen molar-refractivity contribution in [1.82, 2.24) is 0 Å². The van der Waals surface area contributed by atoms with Crippen LogP contribution in [0.2, 0.25) is 0 Å². The minimum atomic E-state index is -2.54. The maximum absolute atomic E-state index is 13.3. The number of para-hydroxylation sites is 1. The first-order valence-corrected chi connectivity index (χ1v) is 6.45. The Balaban J connectivity index is 1.85. The zero-order valence-corrected chi connectivity index (χ0v) is 10.2. The summed E-state index contributed by atoms with van der Waals surface area (Å²) in [4.78, 5) is 0. The minimum absolute atomic E-state index is 0.0404. The molecule has 18 heavy (non-hydrogen) atoms. The number of hydrogen-bond donors (Lipinski definition) is 1. The largest absolute Gasteiger partial charge is 0.493 e. The fourth-order valence-electron chi connectivity index (χ4n) is 3.05. The Morgan fingerprint density at radius 1 is 1.39 bits per heavy atom. The molecule has 0 spiro atoms. The van der Waals surface area contributed by atoms with E-state index in [1.165, 1.54) is 0 Å². The van der Waals surface area contributed by atoms with Crippen molar-refractivity contribution in [2.24, 2.45) is 11.7 Å². The average molecular weight is 253 g/mol. The highest BCUT2D eigenvalue weighted by atomic mass is 19.3. The number of ether oxygens (including phenoxy) is 1. The van der Waals surface area contributed by atoms with Crippen LogP contribution in [0.3, 0.4) is 0 Å². The first-order valence-electron chi connectivity index (χ1n) is 6.45. The summed E-state index contributed by atoms with van der Waals surface area (Å²) < 4.78 is 32.1. The fraction of sp³-hybridized carbons (Fsp3) is 0.571. The lowest BCUT2D eigenvalue weighted by Crippen LogP contribution is -2.21. The number of hydrogen-bond acceptors (Lipinski definition) is 2. The number of fused-ring (bicyclic) bond motifs is 1. The lowest BCUT2D eigenvalue weighted by atomic mass is 9.90. The maximum atomic E-state index is 13.3. The second kappa shape index (κ2) is 4.19. The predicted molar refractivity (Wildman–Crippen MR) is 64.9 cm³/mol. The van der Waals surface area contributed by atoms with E-state index in [4.69, 9.17) is 10.5 Å². The number of alkyl halides is 2. The molecule has 1 fully saturated rings. The highest BCUT2D eigenvalue weighted by molar-refractivity contribution is 5.45. The summed E-state index contributed by atoms with van der Waals surface area (Å²) in [6.45, 7) is 0.667. The standard InChI is InChI=1S/C14H17F2NO/c15-14(16)6-4-10(8-14)12(17)11-3-1-2-9-5-7-18-13(9)11/h1-3,10,12H,4-8,17H2. The molecule has 98 valence electrons. The molecule has 3 rings (SSSR count). The van der Waals surface area contributed by atoms with Crippen molar-refractivity contribution >= 4 is 0 Å². The smallest absolute Gasteiger partial charge is 0.248 e. The van der Waals surface area contributed by atoms with Crippen molar-refractivity contribution in [3.63, 3.8) is 0 Å². The highest BCUT2D eigenvalue weighted by Crippen LogP contribution is 2.45. The van der Waals surface area contributed by atoms with Gasteiger partial charge in [0.25, 0.3) is 0 Å². The van der Waals surface area contributed by atoms with Crippen LogP contribution in [0, 0.1) is 5.92 Å². The third-order valence-electron chi connectivity index (χ3n) is 4.05. The van der Waals surface area contributed by atoms with Gasteiger partial charge in [0.05, 0.1) is 6.61 Å². The summed E-state index contributed by atoms with van der Waals surface area (Å²) in [5.74, 6) is -1.85. The molecule has 0 aromatic heterocycles. The lowest BCUT2D eigenvalue weighted by Gasteiger charge is -2.21. The summed E-state index contributed by atoms with van der Waals surface area (Å²) in [6.07, 6.45) is 1.24. The van der Waals surface area contributed by atoms with Gasteiger partial charge in [-0.05, 0) is 17.9 Å². The normalized spacial score (nSPS) is 26.7. The van der Waals surface area contributed by atoms with Crippen LogP contribution in [0.25, 0.3) is 0 Å². The van der Waals surface area contributed by atoms with Gasteiger partial charge in [0.15, 0.2) is 0 Å². The van der Waals surface area contributed by atoms with Gasteiger partial charge >= 0.3 is 0 Å². The fourth-order valence-corrected chi connectivity index (χ4v) is 3.05. The van der Waals surface area contributed by atoms with Gasteiger partial charge in [-0.1, -0.05) is 18.2 Å². The van der Waals surface area contributed by atoms with Crippen LogP contribution in [0.4, 0.5) is 8.78 Å². The number of benzene rings is 1. The molecule has 2 unspecified atom stereocenters. The molecule has 2 aliphatic rings. The third kappa shape index (κ3) is 1.99. The van der Waals surface area contributed by atoms with Gasteiger partial charge in [-0.2, -0.15) is 0 Å². The first-order chi connectivity index (χ1) is 8.57. The Kier molecular flexibility index (Phi) is 2.77. The van der Waals surface area contributed by atoms with Crippen LogP contribution in [0.5, 0.6) is 5.75 Å². The molecule has 2 N–H and O–H groups in total. The minimum Gasteiger partial charge on any atom is -0.493 e. The SMILES string of the molecule is NC(c1cccc2c1OCC2)C1CCC(F)(F)C1. The van der Waals surface area contributed by atoms with Crippen LogP contribution in [0.1, 0.15) is 36.4 Å². The molecule has 0 radical (unpaired) electrons. The molecule has 1 aromatic rings.